The minimum Gasteiger partial charge on any atom is -0.456 e. The van der Waals surface area contributed by atoms with E-state index < -0.39 is 0 Å². The minimum atomic E-state index is 0.707. The molecule has 0 atom stereocenters. The summed E-state index contributed by atoms with van der Waals surface area (Å²) < 4.78 is 15.4. The normalized spacial score (nSPS) is 12.7. The van der Waals surface area contributed by atoms with Crippen molar-refractivity contribution in [3.63, 3.8) is 0 Å². The molecule has 0 spiro atoms. The van der Waals surface area contributed by atoms with Crippen LogP contribution >= 0.6 is 23.1 Å². The van der Waals surface area contributed by atoms with Crippen LogP contribution in [-0.4, -0.2) is 9.97 Å². The molecule has 0 aliphatic carbocycles. The molecule has 0 saturated heterocycles. The van der Waals surface area contributed by atoms with Crippen molar-refractivity contribution in [2.45, 2.75) is 24.0 Å². The zero-order chi connectivity index (χ0) is 36.2. The van der Waals surface area contributed by atoms with Gasteiger partial charge < -0.3 is 8.83 Å². The molecule has 0 fully saturated rings. The van der Waals surface area contributed by atoms with E-state index in [0.717, 1.165) is 83.5 Å². The zero-order valence-electron chi connectivity index (χ0n) is 29.7. The van der Waals surface area contributed by atoms with Gasteiger partial charge >= 0.3 is 0 Å². The van der Waals surface area contributed by atoms with Gasteiger partial charge in [0.25, 0.3) is 0 Å². The van der Waals surface area contributed by atoms with E-state index in [1.54, 1.807) is 0 Å². The fraction of sp³-hybridized carbons (Fsp3) is 0.0612. The number of aryl methyl sites for hydroxylation is 1. The van der Waals surface area contributed by atoms with E-state index in [4.69, 9.17) is 18.8 Å². The van der Waals surface area contributed by atoms with Gasteiger partial charge in [0, 0.05) is 69.9 Å². The van der Waals surface area contributed by atoms with Crippen molar-refractivity contribution < 1.29 is 8.83 Å². The molecule has 55 heavy (non-hydrogen) atoms. The second kappa shape index (κ2) is 11.9. The van der Waals surface area contributed by atoms with E-state index in [1.807, 2.05) is 42.2 Å². The lowest BCUT2D eigenvalue weighted by Gasteiger charge is -2.14. The minimum absolute atomic E-state index is 0.707. The Morgan fingerprint density at radius 3 is 2.18 bits per heavy atom. The molecule has 12 rings (SSSR count). The predicted octanol–water partition coefficient (Wildman–Crippen LogP) is 14.1. The molecule has 6 heteroatoms. The summed E-state index contributed by atoms with van der Waals surface area (Å²) in [7, 11) is 0. The van der Waals surface area contributed by atoms with Crippen molar-refractivity contribution in [2.24, 2.45) is 0 Å². The van der Waals surface area contributed by atoms with Crippen LogP contribution in [0, 0.1) is 6.92 Å². The van der Waals surface area contributed by atoms with Crippen LogP contribution in [0.4, 0.5) is 0 Å². The molecular weight excluding hydrogens is 713 g/mol. The molecule has 11 aromatic rings. The average molecular weight is 743 g/mol. The number of thiophene rings is 1. The van der Waals surface area contributed by atoms with Crippen molar-refractivity contribution in [3.05, 3.63) is 162 Å². The first-order valence-electron chi connectivity index (χ1n) is 18.5. The standard InChI is InChI=1S/C49H30N2O2S2/c1-27-50-40-26-54-47-25-31(30-13-17-34-33-8-2-4-10-41(33)53-44(34)24-30)14-18-36(47)49(51-27)38(40)23-32-7-6-11-43-48(32)39-22-28(15-19-42(39)52-43)29-16-20-46-37(21-29)35-9-3-5-12-45(35)55-46/h2-22,24-25H,23,26H2,1H3. The topological polar surface area (TPSA) is 52.1 Å². The highest BCUT2D eigenvalue weighted by molar-refractivity contribution is 7.98. The van der Waals surface area contributed by atoms with E-state index in [1.165, 1.54) is 47.3 Å². The van der Waals surface area contributed by atoms with E-state index in [2.05, 4.69) is 127 Å². The molecule has 0 amide bonds. The first-order valence-corrected chi connectivity index (χ1v) is 20.3. The molecule has 1 aliphatic rings. The van der Waals surface area contributed by atoms with Crippen molar-refractivity contribution in [2.75, 3.05) is 0 Å². The van der Waals surface area contributed by atoms with Crippen LogP contribution in [0.2, 0.25) is 0 Å². The highest BCUT2D eigenvalue weighted by Gasteiger charge is 2.24. The van der Waals surface area contributed by atoms with Crippen LogP contribution in [0.5, 0.6) is 0 Å². The van der Waals surface area contributed by atoms with Crippen LogP contribution in [0.1, 0.15) is 22.6 Å². The Morgan fingerprint density at radius 2 is 1.24 bits per heavy atom. The van der Waals surface area contributed by atoms with Gasteiger partial charge in [0.15, 0.2) is 0 Å². The first kappa shape index (κ1) is 31.2. The molecule has 260 valence electrons. The number of benzene rings is 7. The predicted molar refractivity (Wildman–Crippen MR) is 229 cm³/mol. The summed E-state index contributed by atoms with van der Waals surface area (Å²) in [5, 5.41) is 7.18. The van der Waals surface area contributed by atoms with Crippen molar-refractivity contribution in [3.8, 4) is 33.5 Å². The molecule has 7 aromatic carbocycles. The van der Waals surface area contributed by atoms with Gasteiger partial charge in [-0.15, -0.1) is 23.1 Å². The summed E-state index contributed by atoms with van der Waals surface area (Å²) in [6.45, 7) is 2.01. The quantitative estimate of drug-likeness (QED) is 0.180. The Morgan fingerprint density at radius 1 is 0.545 bits per heavy atom. The number of hydrogen-bond acceptors (Lipinski definition) is 6. The molecule has 4 aromatic heterocycles. The largest absolute Gasteiger partial charge is 0.456 e. The van der Waals surface area contributed by atoms with Gasteiger partial charge in [0.1, 0.15) is 28.2 Å². The SMILES string of the molecule is Cc1nc2c(Cc3cccc4oc5ccc(-c6ccc7sc8ccccc8c7c6)cc5c34)c(n1)-c1ccc(-c3ccc4c(c3)oc3ccccc34)cc1SC2. The number of nitrogens with zero attached hydrogens (tertiary/aromatic N) is 2. The van der Waals surface area contributed by atoms with Crippen molar-refractivity contribution in [1.29, 1.82) is 0 Å². The van der Waals surface area contributed by atoms with Crippen LogP contribution in [0.25, 0.3) is 97.6 Å². The maximum Gasteiger partial charge on any atom is 0.136 e. The number of furan rings is 2. The lowest BCUT2D eigenvalue weighted by molar-refractivity contribution is 0.668. The van der Waals surface area contributed by atoms with Gasteiger partial charge in [-0.3, -0.25) is 0 Å². The summed E-state index contributed by atoms with van der Waals surface area (Å²) in [4.78, 5) is 11.4. The molecule has 0 radical (unpaired) electrons. The van der Waals surface area contributed by atoms with Crippen LogP contribution in [-0.2, 0) is 12.2 Å². The van der Waals surface area contributed by atoms with Crippen LogP contribution in [0.3, 0.4) is 0 Å². The van der Waals surface area contributed by atoms with Crippen molar-refractivity contribution in [1.82, 2.24) is 9.97 Å². The summed E-state index contributed by atoms with van der Waals surface area (Å²) in [5.41, 5.74) is 14.0. The van der Waals surface area contributed by atoms with Gasteiger partial charge in [0.2, 0.25) is 0 Å². The fourth-order valence-corrected chi connectivity index (χ4v) is 10.7. The molecule has 5 heterocycles. The van der Waals surface area contributed by atoms with Gasteiger partial charge in [-0.25, -0.2) is 9.97 Å². The molecule has 4 nitrogen and oxygen atoms in total. The lowest BCUT2D eigenvalue weighted by atomic mass is 9.93. The van der Waals surface area contributed by atoms with Crippen LogP contribution in [0.15, 0.2) is 153 Å². The Hall–Kier alpha value is -6.21. The summed E-state index contributed by atoms with van der Waals surface area (Å²) in [6.07, 6.45) is 0.707. The van der Waals surface area contributed by atoms with Gasteiger partial charge in [-0.2, -0.15) is 0 Å². The average Bonchev–Trinajstić information content (AvgIpc) is 3.89. The molecule has 0 unspecified atom stereocenters. The second-order valence-corrected chi connectivity index (χ2v) is 16.5. The third-order valence-corrected chi connectivity index (χ3v) is 13.4. The van der Waals surface area contributed by atoms with E-state index in [9.17, 15) is 0 Å². The Kier molecular flexibility index (Phi) is 6.74. The Labute approximate surface area is 324 Å². The molecule has 0 N–H and O–H groups in total. The number of para-hydroxylation sites is 1. The van der Waals surface area contributed by atoms with Gasteiger partial charge in [0.05, 0.1) is 11.4 Å². The molecular formula is C49H30N2O2S2. The van der Waals surface area contributed by atoms with E-state index in [0.29, 0.717) is 6.42 Å². The number of aromatic nitrogens is 2. The third-order valence-electron chi connectivity index (χ3n) is 11.2. The number of thioether (sulfide) groups is 1. The maximum atomic E-state index is 6.50. The van der Waals surface area contributed by atoms with Gasteiger partial charge in [-0.05, 0) is 95.4 Å². The fourth-order valence-electron chi connectivity index (χ4n) is 8.57. The monoisotopic (exact) mass is 742 g/mol. The molecule has 0 saturated carbocycles. The highest BCUT2D eigenvalue weighted by atomic mass is 32.2. The van der Waals surface area contributed by atoms with Crippen molar-refractivity contribution >= 4 is 87.1 Å². The lowest BCUT2D eigenvalue weighted by Crippen LogP contribution is -2.05. The highest BCUT2D eigenvalue weighted by Crippen LogP contribution is 2.44. The smallest absolute Gasteiger partial charge is 0.136 e. The second-order valence-electron chi connectivity index (χ2n) is 14.4. The Bertz CT molecular complexity index is 3390. The van der Waals surface area contributed by atoms with Gasteiger partial charge in [-0.1, -0.05) is 78.9 Å². The summed E-state index contributed by atoms with van der Waals surface area (Å²) in [5.74, 6) is 1.57. The number of fused-ring (bicyclic) bond motifs is 13. The zero-order valence-corrected chi connectivity index (χ0v) is 31.4. The molecule has 1 aliphatic heterocycles. The van der Waals surface area contributed by atoms with Crippen LogP contribution < -0.4 is 0 Å². The summed E-state index contributed by atoms with van der Waals surface area (Å²) in [6, 6.07) is 50.1. The first-order chi connectivity index (χ1) is 27.1. The van der Waals surface area contributed by atoms with E-state index >= 15 is 0 Å². The number of rotatable bonds is 4. The third kappa shape index (κ3) is 4.91. The maximum absolute atomic E-state index is 6.50. The number of hydrogen-bond donors (Lipinski definition) is 0. The molecule has 2 bridgehead atoms. The van der Waals surface area contributed by atoms with E-state index in [-0.39, 0.29) is 0 Å². The Balaban J connectivity index is 0.949. The summed E-state index contributed by atoms with van der Waals surface area (Å²) >= 11 is 3.69.